The van der Waals surface area contributed by atoms with E-state index in [1.165, 1.54) is 16.6 Å². The van der Waals surface area contributed by atoms with Crippen molar-refractivity contribution < 1.29 is 9.90 Å². The summed E-state index contributed by atoms with van der Waals surface area (Å²) in [5, 5.41) is 14.2. The molecule has 0 saturated heterocycles. The number of carbonyl (C=O) groups is 1. The lowest BCUT2D eigenvalue weighted by molar-refractivity contribution is 0.0697. The van der Waals surface area contributed by atoms with Gasteiger partial charge in [-0.25, -0.2) is 14.3 Å². The van der Waals surface area contributed by atoms with Crippen molar-refractivity contribution in [3.05, 3.63) is 52.1 Å². The van der Waals surface area contributed by atoms with Crippen LogP contribution in [0.3, 0.4) is 0 Å². The maximum atomic E-state index is 10.9. The van der Waals surface area contributed by atoms with Gasteiger partial charge in [-0.3, -0.25) is 0 Å². The van der Waals surface area contributed by atoms with E-state index in [9.17, 15) is 4.79 Å². The van der Waals surface area contributed by atoms with Gasteiger partial charge < -0.3 is 5.11 Å². The Morgan fingerprint density at radius 2 is 1.85 bits per heavy atom. The number of aromatic carboxylic acids is 1. The van der Waals surface area contributed by atoms with E-state index in [-0.39, 0.29) is 5.56 Å². The summed E-state index contributed by atoms with van der Waals surface area (Å²) in [5.41, 5.74) is 1.26. The molecule has 2 heterocycles. The molecule has 0 aliphatic carbocycles. The Hall–Kier alpha value is -2.11. The van der Waals surface area contributed by atoms with E-state index in [1.54, 1.807) is 24.4 Å². The number of hydrogen-bond donors (Lipinski definition) is 1. The maximum absolute atomic E-state index is 10.9. The van der Waals surface area contributed by atoms with Gasteiger partial charge in [-0.2, -0.15) is 0 Å². The summed E-state index contributed by atoms with van der Waals surface area (Å²) in [6.45, 7) is 0. The van der Waals surface area contributed by atoms with Crippen molar-refractivity contribution in [2.75, 3.05) is 0 Å². The maximum Gasteiger partial charge on any atom is 0.335 e. The number of aromatic nitrogens is 3. The van der Waals surface area contributed by atoms with E-state index in [4.69, 9.17) is 28.3 Å². The second kappa shape index (κ2) is 4.77. The molecule has 0 bridgehead atoms. The van der Waals surface area contributed by atoms with Gasteiger partial charge in [0.15, 0.2) is 11.5 Å². The third-order valence-corrected chi connectivity index (χ3v) is 3.14. The lowest BCUT2D eigenvalue weighted by atomic mass is 10.2. The first-order valence-corrected chi connectivity index (χ1v) is 6.35. The molecule has 0 spiro atoms. The van der Waals surface area contributed by atoms with Crippen LogP contribution in [0.15, 0.2) is 36.5 Å². The standard InChI is InChI=1S/C13H7Cl2N3O2/c14-9-3-8(4-10(15)6-9)12-16-11-5-7(13(19)20)1-2-18(11)17-12/h1-6H,(H,19,20). The minimum Gasteiger partial charge on any atom is -0.478 e. The highest BCUT2D eigenvalue weighted by molar-refractivity contribution is 6.35. The topological polar surface area (TPSA) is 67.5 Å². The van der Waals surface area contributed by atoms with Gasteiger partial charge in [0, 0.05) is 21.8 Å². The predicted octanol–water partition coefficient (Wildman–Crippen LogP) is 3.40. The largest absolute Gasteiger partial charge is 0.478 e. The zero-order valence-corrected chi connectivity index (χ0v) is 11.4. The molecule has 1 N–H and O–H groups in total. The van der Waals surface area contributed by atoms with Gasteiger partial charge >= 0.3 is 5.97 Å². The number of carboxylic acid groups (broad SMARTS) is 1. The molecule has 0 fully saturated rings. The molecule has 0 unspecified atom stereocenters. The van der Waals surface area contributed by atoms with Crippen LogP contribution in [0.2, 0.25) is 10.0 Å². The molecule has 100 valence electrons. The molecule has 0 radical (unpaired) electrons. The quantitative estimate of drug-likeness (QED) is 0.788. The van der Waals surface area contributed by atoms with Gasteiger partial charge in [0.25, 0.3) is 0 Å². The molecule has 0 amide bonds. The number of benzene rings is 1. The SMILES string of the molecule is O=C(O)c1ccn2nc(-c3cc(Cl)cc(Cl)c3)nc2c1. The second-order valence-corrected chi connectivity index (χ2v) is 4.99. The van der Waals surface area contributed by atoms with Crippen molar-refractivity contribution in [2.24, 2.45) is 0 Å². The number of hydrogen-bond acceptors (Lipinski definition) is 3. The summed E-state index contributed by atoms with van der Waals surface area (Å²) < 4.78 is 1.50. The Morgan fingerprint density at radius 1 is 1.15 bits per heavy atom. The van der Waals surface area contributed by atoms with Gasteiger partial charge in [-0.15, -0.1) is 5.10 Å². The van der Waals surface area contributed by atoms with Gasteiger partial charge in [0.2, 0.25) is 0 Å². The molecule has 3 aromatic rings. The average molecular weight is 308 g/mol. The number of carboxylic acids is 1. The Morgan fingerprint density at radius 3 is 2.50 bits per heavy atom. The number of nitrogens with zero attached hydrogens (tertiary/aromatic N) is 3. The molecule has 0 aliphatic heterocycles. The Balaban J connectivity index is 2.15. The van der Waals surface area contributed by atoms with Crippen LogP contribution in [0, 0.1) is 0 Å². The molecule has 20 heavy (non-hydrogen) atoms. The molecule has 5 nitrogen and oxygen atoms in total. The van der Waals surface area contributed by atoms with Crippen molar-refractivity contribution in [3.8, 4) is 11.4 Å². The van der Waals surface area contributed by atoms with E-state index in [1.807, 2.05) is 0 Å². The van der Waals surface area contributed by atoms with Crippen molar-refractivity contribution in [2.45, 2.75) is 0 Å². The summed E-state index contributed by atoms with van der Waals surface area (Å²) >= 11 is 11.9. The minimum atomic E-state index is -1.01. The minimum absolute atomic E-state index is 0.153. The first kappa shape index (κ1) is 12.9. The highest BCUT2D eigenvalue weighted by Crippen LogP contribution is 2.25. The van der Waals surface area contributed by atoms with E-state index < -0.39 is 5.97 Å². The van der Waals surface area contributed by atoms with E-state index in [2.05, 4.69) is 10.1 Å². The average Bonchev–Trinajstić information content (AvgIpc) is 2.80. The highest BCUT2D eigenvalue weighted by atomic mass is 35.5. The monoisotopic (exact) mass is 307 g/mol. The third-order valence-electron chi connectivity index (χ3n) is 2.71. The van der Waals surface area contributed by atoms with Crippen molar-refractivity contribution in [3.63, 3.8) is 0 Å². The van der Waals surface area contributed by atoms with Crippen LogP contribution in [0.5, 0.6) is 0 Å². The summed E-state index contributed by atoms with van der Waals surface area (Å²) in [7, 11) is 0. The number of rotatable bonds is 2. The van der Waals surface area contributed by atoms with Crippen molar-refractivity contribution in [1.82, 2.24) is 14.6 Å². The molecule has 3 rings (SSSR count). The molecule has 1 aromatic carbocycles. The Bertz CT molecular complexity index is 809. The van der Waals surface area contributed by atoms with Crippen LogP contribution in [-0.4, -0.2) is 25.7 Å². The van der Waals surface area contributed by atoms with Crippen LogP contribution in [0.4, 0.5) is 0 Å². The number of halogens is 2. The molecule has 7 heteroatoms. The summed E-state index contributed by atoms with van der Waals surface area (Å²) in [6, 6.07) is 7.91. The normalized spacial score (nSPS) is 10.9. The Labute approximate surface area is 123 Å². The van der Waals surface area contributed by atoms with Crippen molar-refractivity contribution in [1.29, 1.82) is 0 Å². The van der Waals surface area contributed by atoms with E-state index in [0.29, 0.717) is 27.1 Å². The third kappa shape index (κ3) is 2.33. The van der Waals surface area contributed by atoms with Gasteiger partial charge in [-0.05, 0) is 30.3 Å². The molecule has 0 atom stereocenters. The molecule has 2 aromatic heterocycles. The molecular weight excluding hydrogens is 301 g/mol. The van der Waals surface area contributed by atoms with Crippen molar-refractivity contribution >= 4 is 34.8 Å². The molecule has 0 aliphatic rings. The summed E-state index contributed by atoms with van der Waals surface area (Å²) in [4.78, 5) is 15.2. The van der Waals surface area contributed by atoms with Crippen LogP contribution in [0.1, 0.15) is 10.4 Å². The van der Waals surface area contributed by atoms with E-state index in [0.717, 1.165) is 0 Å². The van der Waals surface area contributed by atoms with Gasteiger partial charge in [0.1, 0.15) is 0 Å². The molecule has 0 saturated carbocycles. The van der Waals surface area contributed by atoms with Crippen LogP contribution >= 0.6 is 23.2 Å². The fourth-order valence-electron chi connectivity index (χ4n) is 1.82. The smallest absolute Gasteiger partial charge is 0.335 e. The number of fused-ring (bicyclic) bond motifs is 1. The predicted molar refractivity (Wildman–Crippen MR) is 75.4 cm³/mol. The highest BCUT2D eigenvalue weighted by Gasteiger charge is 2.10. The van der Waals surface area contributed by atoms with E-state index >= 15 is 0 Å². The second-order valence-electron chi connectivity index (χ2n) is 4.12. The first-order valence-electron chi connectivity index (χ1n) is 5.59. The lowest BCUT2D eigenvalue weighted by Crippen LogP contribution is -1.97. The van der Waals surface area contributed by atoms with Crippen LogP contribution < -0.4 is 0 Å². The fraction of sp³-hybridized carbons (Fsp3) is 0. The lowest BCUT2D eigenvalue weighted by Gasteiger charge is -1.97. The summed E-state index contributed by atoms with van der Waals surface area (Å²) in [5.74, 6) is -0.584. The summed E-state index contributed by atoms with van der Waals surface area (Å²) in [6.07, 6.45) is 1.54. The Kier molecular flexibility index (Phi) is 3.08. The van der Waals surface area contributed by atoms with Crippen LogP contribution in [-0.2, 0) is 0 Å². The first-order chi connectivity index (χ1) is 9.52. The van der Waals surface area contributed by atoms with Gasteiger partial charge in [-0.1, -0.05) is 23.2 Å². The number of pyridine rings is 1. The zero-order valence-electron chi connectivity index (χ0n) is 9.92. The molecular formula is C13H7Cl2N3O2. The zero-order chi connectivity index (χ0) is 14.3. The van der Waals surface area contributed by atoms with Crippen LogP contribution in [0.25, 0.3) is 17.0 Å². The van der Waals surface area contributed by atoms with Gasteiger partial charge in [0.05, 0.1) is 5.56 Å². The fourth-order valence-corrected chi connectivity index (χ4v) is 2.35.